The van der Waals surface area contributed by atoms with Crippen LogP contribution in [0.25, 0.3) is 0 Å². The molecule has 4 nitrogen and oxygen atoms in total. The van der Waals surface area contributed by atoms with E-state index in [2.05, 4.69) is 5.32 Å². The normalized spacial score (nSPS) is 10.2. The summed E-state index contributed by atoms with van der Waals surface area (Å²) in [5.41, 5.74) is 8.90. The zero-order valence-corrected chi connectivity index (χ0v) is 12.3. The molecule has 4 heteroatoms. The van der Waals surface area contributed by atoms with Gasteiger partial charge in [-0.2, -0.15) is 0 Å². The highest BCUT2D eigenvalue weighted by Crippen LogP contribution is 2.26. The van der Waals surface area contributed by atoms with Crippen LogP contribution in [0, 0.1) is 6.92 Å². The van der Waals surface area contributed by atoms with Crippen molar-refractivity contribution in [2.45, 2.75) is 20.4 Å². The fourth-order valence-corrected chi connectivity index (χ4v) is 1.99. The molecule has 0 radical (unpaired) electrons. The Hall–Kier alpha value is -2.33. The van der Waals surface area contributed by atoms with E-state index in [1.165, 1.54) is 0 Å². The smallest absolute Gasteiger partial charge is 0.255 e. The van der Waals surface area contributed by atoms with Crippen LogP contribution in [0.1, 0.15) is 28.4 Å². The molecule has 2 aromatic carbocycles. The minimum atomic E-state index is -0.164. The highest BCUT2D eigenvalue weighted by molar-refractivity contribution is 6.05. The Morgan fingerprint density at radius 3 is 2.52 bits per heavy atom. The maximum absolute atomic E-state index is 12.3. The lowest BCUT2D eigenvalue weighted by molar-refractivity contribution is 0.102. The second kappa shape index (κ2) is 6.90. The summed E-state index contributed by atoms with van der Waals surface area (Å²) in [5, 5.41) is 2.88. The van der Waals surface area contributed by atoms with Gasteiger partial charge < -0.3 is 15.8 Å². The minimum Gasteiger partial charge on any atom is -0.492 e. The fourth-order valence-electron chi connectivity index (χ4n) is 1.99. The summed E-state index contributed by atoms with van der Waals surface area (Å²) < 4.78 is 5.56. The van der Waals surface area contributed by atoms with Gasteiger partial charge in [-0.25, -0.2) is 0 Å². The number of nitrogens with one attached hydrogen (secondary N) is 1. The predicted molar refractivity (Wildman–Crippen MR) is 84.6 cm³/mol. The van der Waals surface area contributed by atoms with Gasteiger partial charge in [0.05, 0.1) is 12.3 Å². The maximum atomic E-state index is 12.3. The van der Waals surface area contributed by atoms with Gasteiger partial charge in [0.1, 0.15) is 5.75 Å². The molecule has 3 N–H and O–H groups in total. The molecule has 0 aliphatic heterocycles. The first-order valence-corrected chi connectivity index (χ1v) is 6.98. The van der Waals surface area contributed by atoms with Gasteiger partial charge in [0.15, 0.2) is 0 Å². The summed E-state index contributed by atoms with van der Waals surface area (Å²) in [7, 11) is 0. The summed E-state index contributed by atoms with van der Waals surface area (Å²) >= 11 is 0. The van der Waals surface area contributed by atoms with Gasteiger partial charge in [-0.15, -0.1) is 0 Å². The van der Waals surface area contributed by atoms with Crippen LogP contribution in [-0.4, -0.2) is 12.5 Å². The fraction of sp³-hybridized carbons (Fsp3) is 0.235. The molecular weight excluding hydrogens is 264 g/mol. The third kappa shape index (κ3) is 3.83. The molecule has 0 unspecified atom stereocenters. The Bertz CT molecular complexity index is 621. The summed E-state index contributed by atoms with van der Waals surface area (Å²) in [6.07, 6.45) is 0. The van der Waals surface area contributed by atoms with Crippen molar-refractivity contribution >= 4 is 11.6 Å². The zero-order valence-electron chi connectivity index (χ0n) is 12.3. The number of benzene rings is 2. The number of ether oxygens (including phenoxy) is 1. The Balaban J connectivity index is 2.18. The van der Waals surface area contributed by atoms with Gasteiger partial charge in [0, 0.05) is 12.1 Å². The van der Waals surface area contributed by atoms with Crippen LogP contribution in [0.3, 0.4) is 0 Å². The lowest BCUT2D eigenvalue weighted by Crippen LogP contribution is -2.13. The van der Waals surface area contributed by atoms with E-state index in [-0.39, 0.29) is 5.91 Å². The average Bonchev–Trinajstić information content (AvgIpc) is 2.50. The van der Waals surface area contributed by atoms with E-state index in [9.17, 15) is 4.79 Å². The monoisotopic (exact) mass is 284 g/mol. The lowest BCUT2D eigenvalue weighted by atomic mass is 10.1. The van der Waals surface area contributed by atoms with Crippen molar-refractivity contribution in [2.24, 2.45) is 5.73 Å². The van der Waals surface area contributed by atoms with Crippen molar-refractivity contribution in [1.29, 1.82) is 0 Å². The standard InChI is InChI=1S/C17H20N2O2/c1-3-21-16-10-12(2)4-9-15(16)19-17(20)14-7-5-13(11-18)6-8-14/h4-10H,3,11,18H2,1-2H3,(H,19,20). The molecule has 0 fully saturated rings. The van der Waals surface area contributed by atoms with Gasteiger partial charge in [-0.1, -0.05) is 18.2 Å². The summed E-state index contributed by atoms with van der Waals surface area (Å²) in [6.45, 7) is 4.92. The second-order valence-electron chi connectivity index (χ2n) is 4.79. The first-order chi connectivity index (χ1) is 10.1. The quantitative estimate of drug-likeness (QED) is 0.886. The van der Waals surface area contributed by atoms with Crippen LogP contribution >= 0.6 is 0 Å². The van der Waals surface area contributed by atoms with E-state index in [4.69, 9.17) is 10.5 Å². The molecule has 0 aromatic heterocycles. The van der Waals surface area contributed by atoms with E-state index in [1.54, 1.807) is 12.1 Å². The Morgan fingerprint density at radius 2 is 1.90 bits per heavy atom. The number of hydrogen-bond acceptors (Lipinski definition) is 3. The van der Waals surface area contributed by atoms with Crippen LogP contribution in [0.5, 0.6) is 5.75 Å². The van der Waals surface area contributed by atoms with Crippen LogP contribution in [0.4, 0.5) is 5.69 Å². The highest BCUT2D eigenvalue weighted by atomic mass is 16.5. The molecule has 0 aliphatic rings. The molecule has 21 heavy (non-hydrogen) atoms. The number of anilines is 1. The van der Waals surface area contributed by atoms with E-state index >= 15 is 0 Å². The van der Waals surface area contributed by atoms with Gasteiger partial charge in [-0.05, 0) is 49.2 Å². The number of carbonyl (C=O) groups excluding carboxylic acids is 1. The third-order valence-electron chi connectivity index (χ3n) is 3.14. The van der Waals surface area contributed by atoms with E-state index in [1.807, 2.05) is 44.2 Å². The van der Waals surface area contributed by atoms with Crippen molar-refractivity contribution in [3.05, 3.63) is 59.2 Å². The number of amides is 1. The molecule has 0 spiro atoms. The zero-order chi connectivity index (χ0) is 15.2. The van der Waals surface area contributed by atoms with Crippen molar-refractivity contribution in [1.82, 2.24) is 0 Å². The molecule has 0 saturated carbocycles. The molecule has 0 atom stereocenters. The summed E-state index contributed by atoms with van der Waals surface area (Å²) in [6, 6.07) is 13.0. The van der Waals surface area contributed by atoms with Gasteiger partial charge in [0.2, 0.25) is 0 Å². The van der Waals surface area contributed by atoms with Crippen molar-refractivity contribution in [3.8, 4) is 5.75 Å². The molecule has 1 amide bonds. The lowest BCUT2D eigenvalue weighted by Gasteiger charge is -2.12. The van der Waals surface area contributed by atoms with Crippen LogP contribution in [0.15, 0.2) is 42.5 Å². The molecule has 2 aromatic rings. The van der Waals surface area contributed by atoms with Crippen molar-refractivity contribution in [3.63, 3.8) is 0 Å². The largest absolute Gasteiger partial charge is 0.492 e. The van der Waals surface area contributed by atoms with Gasteiger partial charge in [-0.3, -0.25) is 4.79 Å². The molecule has 2 rings (SSSR count). The van der Waals surface area contributed by atoms with E-state index in [0.29, 0.717) is 30.2 Å². The highest BCUT2D eigenvalue weighted by Gasteiger charge is 2.10. The molecule has 0 saturated heterocycles. The Morgan fingerprint density at radius 1 is 1.19 bits per heavy atom. The Kier molecular flexibility index (Phi) is 4.95. The second-order valence-corrected chi connectivity index (χ2v) is 4.79. The van der Waals surface area contributed by atoms with E-state index < -0.39 is 0 Å². The topological polar surface area (TPSA) is 64.3 Å². The van der Waals surface area contributed by atoms with Gasteiger partial charge in [0.25, 0.3) is 5.91 Å². The third-order valence-corrected chi connectivity index (χ3v) is 3.14. The molecule has 110 valence electrons. The number of hydrogen-bond donors (Lipinski definition) is 2. The number of nitrogens with two attached hydrogens (primary N) is 1. The van der Waals surface area contributed by atoms with Crippen LogP contribution in [0.2, 0.25) is 0 Å². The molecule has 0 aliphatic carbocycles. The summed E-state index contributed by atoms with van der Waals surface area (Å²) in [5.74, 6) is 0.521. The first kappa shape index (κ1) is 15.1. The predicted octanol–water partition coefficient (Wildman–Crippen LogP) is 3.10. The van der Waals surface area contributed by atoms with Gasteiger partial charge >= 0.3 is 0 Å². The maximum Gasteiger partial charge on any atom is 0.255 e. The van der Waals surface area contributed by atoms with Crippen LogP contribution < -0.4 is 15.8 Å². The SMILES string of the molecule is CCOc1cc(C)ccc1NC(=O)c1ccc(CN)cc1. The van der Waals surface area contributed by atoms with E-state index in [0.717, 1.165) is 11.1 Å². The van der Waals surface area contributed by atoms with Crippen molar-refractivity contribution in [2.75, 3.05) is 11.9 Å². The summed E-state index contributed by atoms with van der Waals surface area (Å²) in [4.78, 5) is 12.3. The first-order valence-electron chi connectivity index (χ1n) is 6.98. The molecular formula is C17H20N2O2. The Labute approximate surface area is 124 Å². The number of carbonyl (C=O) groups is 1. The molecule has 0 heterocycles. The molecule has 0 bridgehead atoms. The number of aryl methyl sites for hydroxylation is 1. The average molecular weight is 284 g/mol. The number of rotatable bonds is 5. The minimum absolute atomic E-state index is 0.164. The van der Waals surface area contributed by atoms with Crippen LogP contribution in [-0.2, 0) is 6.54 Å². The van der Waals surface area contributed by atoms with Crippen molar-refractivity contribution < 1.29 is 9.53 Å².